The number of carboxylic acid groups (broad SMARTS) is 1. The van der Waals surface area contributed by atoms with Crippen LogP contribution < -0.4 is 9.64 Å². The second-order valence-corrected chi connectivity index (χ2v) is 7.51. The molecule has 2 aromatic carbocycles. The number of ether oxygens (including phenoxy) is 1. The first-order valence-electron chi connectivity index (χ1n) is 8.58. The van der Waals surface area contributed by atoms with Gasteiger partial charge in [-0.3, -0.25) is 9.69 Å². The van der Waals surface area contributed by atoms with Crippen LogP contribution in [0.15, 0.2) is 42.6 Å². The normalized spacial score (nSPS) is 11.6. The average molecular weight is 370 g/mol. The van der Waals surface area contributed by atoms with Gasteiger partial charge in [-0.2, -0.15) is 0 Å². The summed E-state index contributed by atoms with van der Waals surface area (Å²) in [5.41, 5.74) is 0.187. The molecule has 6 nitrogen and oxygen atoms in total. The summed E-state index contributed by atoms with van der Waals surface area (Å²) >= 11 is 0. The second kappa shape index (κ2) is 7.70. The Balaban J connectivity index is 2.77. The molecule has 0 saturated heterocycles. The van der Waals surface area contributed by atoms with Gasteiger partial charge in [-0.25, -0.2) is 4.79 Å². The first kappa shape index (κ1) is 20.3. The molecular formula is C21H26N2O4. The van der Waals surface area contributed by atoms with Gasteiger partial charge in [0.1, 0.15) is 5.75 Å². The van der Waals surface area contributed by atoms with Gasteiger partial charge >= 0.3 is 6.09 Å². The molecule has 0 atom stereocenters. The monoisotopic (exact) mass is 370 g/mol. The molecule has 6 heteroatoms. The Hall–Kier alpha value is -3.02. The highest BCUT2D eigenvalue weighted by Crippen LogP contribution is 2.35. The van der Waals surface area contributed by atoms with E-state index in [9.17, 15) is 14.7 Å². The Kier molecular flexibility index (Phi) is 5.78. The number of carbonyl (C=O) groups excluding carboxylic acids is 1. The number of rotatable bonds is 5. The molecule has 0 heterocycles. The minimum absolute atomic E-state index is 0.193. The minimum atomic E-state index is -1.08. The van der Waals surface area contributed by atoms with Gasteiger partial charge in [0.25, 0.3) is 0 Å². The number of nitrogens with zero attached hydrogens (tertiary/aromatic N) is 2. The van der Waals surface area contributed by atoms with Crippen LogP contribution in [-0.2, 0) is 0 Å². The van der Waals surface area contributed by atoms with Gasteiger partial charge in [0.05, 0.1) is 12.8 Å². The fourth-order valence-electron chi connectivity index (χ4n) is 2.84. The number of benzene rings is 2. The zero-order valence-corrected chi connectivity index (χ0v) is 16.6. The van der Waals surface area contributed by atoms with Crippen molar-refractivity contribution < 1.29 is 19.4 Å². The first-order valence-corrected chi connectivity index (χ1v) is 8.58. The number of methoxy groups -OCH3 is 1. The lowest BCUT2D eigenvalue weighted by molar-refractivity contribution is 0.104. The van der Waals surface area contributed by atoms with E-state index in [1.165, 1.54) is 11.0 Å². The quantitative estimate of drug-likeness (QED) is 0.624. The Labute approximate surface area is 159 Å². The Morgan fingerprint density at radius 1 is 1.11 bits per heavy atom. The molecule has 0 bridgehead atoms. The van der Waals surface area contributed by atoms with Crippen LogP contribution in [0.25, 0.3) is 10.8 Å². The van der Waals surface area contributed by atoms with E-state index < -0.39 is 11.6 Å². The summed E-state index contributed by atoms with van der Waals surface area (Å²) in [5, 5.41) is 11.3. The number of anilines is 1. The van der Waals surface area contributed by atoms with Crippen LogP contribution in [-0.4, -0.2) is 48.6 Å². The third-order valence-corrected chi connectivity index (χ3v) is 4.05. The Morgan fingerprint density at radius 2 is 1.78 bits per heavy atom. The smallest absolute Gasteiger partial charge is 0.412 e. The minimum Gasteiger partial charge on any atom is -0.497 e. The maximum Gasteiger partial charge on any atom is 0.412 e. The van der Waals surface area contributed by atoms with Gasteiger partial charge in [-0.1, -0.05) is 6.07 Å². The predicted octanol–water partition coefficient (Wildman–Crippen LogP) is 4.39. The number of allylic oxidation sites excluding steroid dienone is 1. The SMILES string of the molecule is COc1ccc2cc(C(=O)C=CN(C)C)cc(N(C(=O)O)C(C)(C)C)c2c1. The summed E-state index contributed by atoms with van der Waals surface area (Å²) in [4.78, 5) is 27.7. The van der Waals surface area contributed by atoms with Crippen molar-refractivity contribution in [2.75, 3.05) is 26.1 Å². The number of hydrogen-bond acceptors (Lipinski definition) is 4. The zero-order chi connectivity index (χ0) is 20.4. The molecule has 0 spiro atoms. The van der Waals surface area contributed by atoms with Crippen LogP contribution in [0.2, 0.25) is 0 Å². The van der Waals surface area contributed by atoms with E-state index in [1.807, 2.05) is 40.9 Å². The lowest BCUT2D eigenvalue weighted by Gasteiger charge is -2.34. The molecule has 0 aromatic heterocycles. The van der Waals surface area contributed by atoms with Crippen molar-refractivity contribution >= 4 is 28.3 Å². The summed E-state index contributed by atoms with van der Waals surface area (Å²) in [6, 6.07) is 8.80. The molecule has 0 aliphatic carbocycles. The number of amides is 1. The molecule has 0 radical (unpaired) electrons. The largest absolute Gasteiger partial charge is 0.497 e. The standard InChI is InChI=1S/C21H26N2O4/c1-21(2,3)23(20(25)26)18-12-15(19(24)9-10-22(4)5)11-14-7-8-16(27-6)13-17(14)18/h7-13H,1-6H3,(H,25,26). The molecular weight excluding hydrogens is 344 g/mol. The maximum atomic E-state index is 12.6. The number of hydrogen-bond donors (Lipinski definition) is 1. The van der Waals surface area contributed by atoms with Gasteiger partial charge < -0.3 is 14.7 Å². The Morgan fingerprint density at radius 3 is 2.30 bits per heavy atom. The summed E-state index contributed by atoms with van der Waals surface area (Å²) < 4.78 is 5.30. The van der Waals surface area contributed by atoms with Crippen molar-refractivity contribution in [2.24, 2.45) is 0 Å². The number of fused-ring (bicyclic) bond motifs is 1. The van der Waals surface area contributed by atoms with Gasteiger partial charge in [-0.05, 0) is 50.4 Å². The summed E-state index contributed by atoms with van der Waals surface area (Å²) in [7, 11) is 5.21. The van der Waals surface area contributed by atoms with Gasteiger partial charge in [0.15, 0.2) is 5.78 Å². The third kappa shape index (κ3) is 4.58. The van der Waals surface area contributed by atoms with Crippen LogP contribution in [0, 0.1) is 0 Å². The van der Waals surface area contributed by atoms with Crippen LogP contribution in [0.5, 0.6) is 5.75 Å². The highest BCUT2D eigenvalue weighted by molar-refractivity contribution is 6.11. The van der Waals surface area contributed by atoms with E-state index >= 15 is 0 Å². The lowest BCUT2D eigenvalue weighted by Crippen LogP contribution is -2.45. The molecule has 2 rings (SSSR count). The topological polar surface area (TPSA) is 70.1 Å². The number of ketones is 1. The van der Waals surface area contributed by atoms with Crippen molar-refractivity contribution in [1.82, 2.24) is 4.90 Å². The highest BCUT2D eigenvalue weighted by Gasteiger charge is 2.30. The molecule has 1 amide bonds. The molecule has 0 aliphatic heterocycles. The fourth-order valence-corrected chi connectivity index (χ4v) is 2.84. The second-order valence-electron chi connectivity index (χ2n) is 7.51. The van der Waals surface area contributed by atoms with Gasteiger partial charge in [0, 0.05) is 42.9 Å². The third-order valence-electron chi connectivity index (χ3n) is 4.05. The van der Waals surface area contributed by atoms with Gasteiger partial charge in [-0.15, -0.1) is 0 Å². The number of carbonyl (C=O) groups is 2. The van der Waals surface area contributed by atoms with E-state index in [0.717, 1.165) is 5.39 Å². The molecule has 144 valence electrons. The van der Waals surface area contributed by atoms with Crippen molar-refractivity contribution in [1.29, 1.82) is 0 Å². The van der Waals surface area contributed by atoms with Crippen LogP contribution in [0.3, 0.4) is 0 Å². The van der Waals surface area contributed by atoms with Crippen molar-refractivity contribution in [3.63, 3.8) is 0 Å². The molecule has 1 N–H and O–H groups in total. The van der Waals surface area contributed by atoms with Crippen LogP contribution in [0.4, 0.5) is 10.5 Å². The maximum absolute atomic E-state index is 12.6. The predicted molar refractivity (Wildman–Crippen MR) is 108 cm³/mol. The first-order chi connectivity index (χ1) is 12.5. The van der Waals surface area contributed by atoms with E-state index in [2.05, 4.69) is 0 Å². The molecule has 0 unspecified atom stereocenters. The lowest BCUT2D eigenvalue weighted by atomic mass is 9.98. The molecule has 2 aromatic rings. The zero-order valence-electron chi connectivity index (χ0n) is 16.6. The summed E-state index contributed by atoms with van der Waals surface area (Å²) in [5.74, 6) is 0.427. The van der Waals surface area contributed by atoms with Crippen molar-refractivity contribution in [3.8, 4) is 5.75 Å². The van der Waals surface area contributed by atoms with E-state index in [1.54, 1.807) is 42.5 Å². The molecule has 0 saturated carbocycles. The average Bonchev–Trinajstić information content (AvgIpc) is 2.57. The van der Waals surface area contributed by atoms with Crippen LogP contribution in [0.1, 0.15) is 31.1 Å². The van der Waals surface area contributed by atoms with E-state index in [-0.39, 0.29) is 5.78 Å². The molecule has 0 aliphatic rings. The van der Waals surface area contributed by atoms with E-state index in [4.69, 9.17) is 4.74 Å². The van der Waals surface area contributed by atoms with Crippen molar-refractivity contribution in [2.45, 2.75) is 26.3 Å². The summed E-state index contributed by atoms with van der Waals surface area (Å²) in [6.07, 6.45) is 2.05. The van der Waals surface area contributed by atoms with Crippen molar-refractivity contribution in [3.05, 3.63) is 48.2 Å². The molecule has 0 fully saturated rings. The van der Waals surface area contributed by atoms with Gasteiger partial charge in [0.2, 0.25) is 0 Å². The molecule has 27 heavy (non-hydrogen) atoms. The summed E-state index contributed by atoms with van der Waals surface area (Å²) in [6.45, 7) is 5.44. The van der Waals surface area contributed by atoms with E-state index in [0.29, 0.717) is 22.4 Å². The van der Waals surface area contributed by atoms with Crippen LogP contribution >= 0.6 is 0 Å². The fraction of sp³-hybridized carbons (Fsp3) is 0.333. The highest BCUT2D eigenvalue weighted by atomic mass is 16.5. The Bertz CT molecular complexity index is 895.